The van der Waals surface area contributed by atoms with Gasteiger partial charge in [-0.15, -0.1) is 0 Å². The van der Waals surface area contributed by atoms with Gasteiger partial charge in [-0.05, 0) is 44.9 Å². The molecule has 6 heteroatoms. The third kappa shape index (κ3) is 5.53. The van der Waals surface area contributed by atoms with E-state index in [-0.39, 0.29) is 11.3 Å². The highest BCUT2D eigenvalue weighted by Crippen LogP contribution is 2.34. The summed E-state index contributed by atoms with van der Waals surface area (Å²) in [5, 5.41) is 3.06. The van der Waals surface area contributed by atoms with Gasteiger partial charge >= 0.3 is 6.09 Å². The fourth-order valence-electron chi connectivity index (χ4n) is 2.00. The summed E-state index contributed by atoms with van der Waals surface area (Å²) in [6, 6.07) is 3.23. The number of rotatable bonds is 4. The molecule has 1 heterocycles. The van der Waals surface area contributed by atoms with E-state index in [9.17, 15) is 13.6 Å². The SMILES string of the molecule is CC(C)(C)OC(=O)NC(Cc1cc(F)cc(F)c1)[C@H]1CS1. The first-order valence-corrected chi connectivity index (χ1v) is 7.84. The van der Waals surface area contributed by atoms with Crippen LogP contribution in [0, 0.1) is 11.6 Å². The number of thioether (sulfide) groups is 1. The van der Waals surface area contributed by atoms with Crippen LogP contribution < -0.4 is 5.32 Å². The Morgan fingerprint density at radius 1 is 1.38 bits per heavy atom. The van der Waals surface area contributed by atoms with Gasteiger partial charge in [-0.1, -0.05) is 0 Å². The molecule has 1 aromatic carbocycles. The van der Waals surface area contributed by atoms with Crippen LogP contribution in [0.3, 0.4) is 0 Å². The second-order valence-electron chi connectivity index (χ2n) is 6.11. The summed E-state index contributed by atoms with van der Waals surface area (Å²) in [7, 11) is 0. The van der Waals surface area contributed by atoms with Gasteiger partial charge in [0, 0.05) is 23.1 Å². The second-order valence-corrected chi connectivity index (χ2v) is 7.38. The highest BCUT2D eigenvalue weighted by molar-refractivity contribution is 8.07. The molecule has 0 spiro atoms. The molecule has 1 saturated heterocycles. The number of hydrogen-bond donors (Lipinski definition) is 1. The Balaban J connectivity index is 2.01. The summed E-state index contributed by atoms with van der Waals surface area (Å²) in [6.07, 6.45) is -0.122. The Bertz CT molecular complexity index is 507. The molecule has 0 radical (unpaired) electrons. The minimum Gasteiger partial charge on any atom is -0.444 e. The normalized spacial score (nSPS) is 19.0. The van der Waals surface area contributed by atoms with E-state index in [1.165, 1.54) is 12.1 Å². The third-order valence-electron chi connectivity index (χ3n) is 2.89. The Kier molecular flexibility index (Phi) is 4.76. The van der Waals surface area contributed by atoms with E-state index in [4.69, 9.17) is 4.74 Å². The zero-order valence-electron chi connectivity index (χ0n) is 12.3. The van der Waals surface area contributed by atoms with Crippen molar-refractivity contribution in [3.05, 3.63) is 35.4 Å². The minimum absolute atomic E-state index is 0.189. The van der Waals surface area contributed by atoms with Crippen LogP contribution in [-0.2, 0) is 11.2 Å². The van der Waals surface area contributed by atoms with Crippen molar-refractivity contribution in [2.24, 2.45) is 0 Å². The smallest absolute Gasteiger partial charge is 0.407 e. The zero-order chi connectivity index (χ0) is 15.6. The van der Waals surface area contributed by atoms with Gasteiger partial charge in [-0.25, -0.2) is 13.6 Å². The maximum atomic E-state index is 13.2. The fraction of sp³-hybridized carbons (Fsp3) is 0.533. The molecule has 1 aliphatic rings. The summed E-state index contributed by atoms with van der Waals surface area (Å²) in [5.74, 6) is -0.285. The average Bonchev–Trinajstić information content (AvgIpc) is 3.06. The molecule has 0 saturated carbocycles. The predicted octanol–water partition coefficient (Wildman–Crippen LogP) is 3.52. The number of halogens is 2. The number of amides is 1. The van der Waals surface area contributed by atoms with E-state index in [1.54, 1.807) is 32.5 Å². The van der Waals surface area contributed by atoms with Crippen molar-refractivity contribution in [3.63, 3.8) is 0 Å². The molecule has 2 rings (SSSR count). The lowest BCUT2D eigenvalue weighted by Crippen LogP contribution is -2.42. The maximum absolute atomic E-state index is 13.2. The number of ether oxygens (including phenoxy) is 1. The highest BCUT2D eigenvalue weighted by Gasteiger charge is 2.34. The second kappa shape index (κ2) is 6.22. The fourth-order valence-corrected chi connectivity index (χ4v) is 2.74. The lowest BCUT2D eigenvalue weighted by molar-refractivity contribution is 0.0506. The van der Waals surface area contributed by atoms with Gasteiger partial charge in [-0.3, -0.25) is 0 Å². The molecule has 1 N–H and O–H groups in total. The van der Waals surface area contributed by atoms with Crippen LogP contribution in [0.2, 0.25) is 0 Å². The molecule has 1 aromatic rings. The number of benzene rings is 1. The van der Waals surface area contributed by atoms with Crippen molar-refractivity contribution in [1.82, 2.24) is 5.32 Å². The van der Waals surface area contributed by atoms with Crippen molar-refractivity contribution in [3.8, 4) is 0 Å². The van der Waals surface area contributed by atoms with Gasteiger partial charge in [0.1, 0.15) is 17.2 Å². The minimum atomic E-state index is -0.607. The highest BCUT2D eigenvalue weighted by atomic mass is 32.2. The first kappa shape index (κ1) is 16.1. The summed E-state index contributed by atoms with van der Waals surface area (Å²) in [5.41, 5.74) is -0.0444. The van der Waals surface area contributed by atoms with Crippen LogP contribution in [0.4, 0.5) is 13.6 Å². The average molecular weight is 315 g/mol. The van der Waals surface area contributed by atoms with Crippen molar-refractivity contribution in [2.75, 3.05) is 5.75 Å². The lowest BCUT2D eigenvalue weighted by Gasteiger charge is -2.23. The molecule has 2 atom stereocenters. The van der Waals surface area contributed by atoms with Crippen LogP contribution >= 0.6 is 11.8 Å². The van der Waals surface area contributed by atoms with Gasteiger partial charge in [0.05, 0.1) is 0 Å². The first-order chi connectivity index (χ1) is 9.73. The lowest BCUT2D eigenvalue weighted by atomic mass is 10.0. The Morgan fingerprint density at radius 2 is 1.95 bits per heavy atom. The van der Waals surface area contributed by atoms with Gasteiger partial charge in [0.15, 0.2) is 0 Å². The maximum Gasteiger partial charge on any atom is 0.407 e. The molecule has 0 aliphatic carbocycles. The molecule has 1 aliphatic heterocycles. The van der Waals surface area contributed by atoms with E-state index in [0.29, 0.717) is 12.0 Å². The summed E-state index contributed by atoms with van der Waals surface area (Å²) in [4.78, 5) is 11.8. The van der Waals surface area contributed by atoms with Crippen LogP contribution in [0.1, 0.15) is 26.3 Å². The molecule has 1 amide bonds. The molecule has 0 bridgehead atoms. The van der Waals surface area contributed by atoms with E-state index in [0.717, 1.165) is 11.8 Å². The topological polar surface area (TPSA) is 38.3 Å². The van der Waals surface area contributed by atoms with E-state index in [1.807, 2.05) is 0 Å². The van der Waals surface area contributed by atoms with Gasteiger partial charge in [0.25, 0.3) is 0 Å². The van der Waals surface area contributed by atoms with Crippen molar-refractivity contribution in [1.29, 1.82) is 0 Å². The van der Waals surface area contributed by atoms with Crippen molar-refractivity contribution < 1.29 is 18.3 Å². The summed E-state index contributed by atoms with van der Waals surface area (Å²) < 4.78 is 31.7. The molecule has 3 nitrogen and oxygen atoms in total. The number of carbonyl (C=O) groups is 1. The molecule has 21 heavy (non-hydrogen) atoms. The quantitative estimate of drug-likeness (QED) is 0.864. The van der Waals surface area contributed by atoms with Gasteiger partial charge < -0.3 is 10.1 Å². The number of nitrogens with one attached hydrogen (secondary N) is 1. The standard InChI is InChI=1S/C15H19F2NO2S/c1-15(2,3)20-14(19)18-12(13-8-21-13)6-9-4-10(16)7-11(17)5-9/h4-5,7,12-13H,6,8H2,1-3H3,(H,18,19)/t12?,13-/m1/s1. The molecule has 116 valence electrons. The van der Waals surface area contributed by atoms with Gasteiger partial charge in [-0.2, -0.15) is 11.8 Å². The molecule has 1 fully saturated rings. The zero-order valence-corrected chi connectivity index (χ0v) is 13.1. The summed E-state index contributed by atoms with van der Waals surface area (Å²) >= 11 is 1.71. The van der Waals surface area contributed by atoms with Crippen molar-refractivity contribution >= 4 is 17.9 Å². The molecular formula is C15H19F2NO2S. The molecule has 1 unspecified atom stereocenters. The number of hydrogen-bond acceptors (Lipinski definition) is 3. The third-order valence-corrected chi connectivity index (χ3v) is 3.93. The largest absolute Gasteiger partial charge is 0.444 e. The van der Waals surface area contributed by atoms with Crippen LogP contribution in [0.15, 0.2) is 18.2 Å². The van der Waals surface area contributed by atoms with Crippen LogP contribution in [-0.4, -0.2) is 28.7 Å². The molecule has 0 aromatic heterocycles. The number of carbonyl (C=O) groups excluding carboxylic acids is 1. The van der Waals surface area contributed by atoms with E-state index < -0.39 is 23.3 Å². The van der Waals surface area contributed by atoms with Gasteiger partial charge in [0.2, 0.25) is 0 Å². The first-order valence-electron chi connectivity index (χ1n) is 6.79. The monoisotopic (exact) mass is 315 g/mol. The predicted molar refractivity (Wildman–Crippen MR) is 79.5 cm³/mol. The summed E-state index contributed by atoms with van der Waals surface area (Å²) in [6.45, 7) is 5.36. The number of alkyl carbamates (subject to hydrolysis) is 1. The van der Waals surface area contributed by atoms with Crippen molar-refractivity contribution in [2.45, 2.75) is 44.1 Å². The van der Waals surface area contributed by atoms with E-state index >= 15 is 0 Å². The Morgan fingerprint density at radius 3 is 2.43 bits per heavy atom. The van der Waals surface area contributed by atoms with Crippen LogP contribution in [0.5, 0.6) is 0 Å². The Labute approximate surface area is 127 Å². The molecular weight excluding hydrogens is 296 g/mol. The van der Waals surface area contributed by atoms with Crippen LogP contribution in [0.25, 0.3) is 0 Å². The van der Waals surface area contributed by atoms with E-state index in [2.05, 4.69) is 5.32 Å². The Hall–Kier alpha value is -1.30.